The monoisotopic (exact) mass is 280 g/mol. The van der Waals surface area contributed by atoms with E-state index in [4.69, 9.17) is 27.5 Å². The Balaban J connectivity index is 2.26. The van der Waals surface area contributed by atoms with Gasteiger partial charge in [0.15, 0.2) is 0 Å². The molecule has 1 aromatic heterocycles. The molecule has 0 saturated carbocycles. The molecule has 1 aromatic carbocycles. The first-order chi connectivity index (χ1) is 8.97. The van der Waals surface area contributed by atoms with Gasteiger partial charge in [-0.2, -0.15) is 0 Å². The summed E-state index contributed by atoms with van der Waals surface area (Å²) in [7, 11) is 0. The van der Waals surface area contributed by atoms with Gasteiger partial charge in [0.2, 0.25) is 5.89 Å². The minimum Gasteiger partial charge on any atom is -0.444 e. The van der Waals surface area contributed by atoms with Crippen molar-refractivity contribution in [2.75, 3.05) is 11.1 Å². The first-order valence-corrected chi connectivity index (χ1v) is 5.89. The number of hydrogen-bond acceptors (Lipinski definition) is 5. The van der Waals surface area contributed by atoms with Gasteiger partial charge >= 0.3 is 0 Å². The molecule has 0 radical (unpaired) electrons. The number of carbonyl (C=O) groups excluding carboxylic acids is 1. The van der Waals surface area contributed by atoms with E-state index in [9.17, 15) is 4.79 Å². The minimum atomic E-state index is -0.611. The lowest BCUT2D eigenvalue weighted by atomic mass is 10.1. The number of anilines is 2. The van der Waals surface area contributed by atoms with E-state index in [1.807, 2.05) is 0 Å². The molecule has 2 aromatic rings. The molecule has 19 heavy (non-hydrogen) atoms. The van der Waals surface area contributed by atoms with Gasteiger partial charge in [-0.3, -0.25) is 4.79 Å². The molecular weight excluding hydrogens is 268 g/mol. The van der Waals surface area contributed by atoms with Crippen LogP contribution in [0.3, 0.4) is 0 Å². The summed E-state index contributed by atoms with van der Waals surface area (Å²) >= 11 is 6.05. The van der Waals surface area contributed by atoms with Crippen LogP contribution < -0.4 is 16.8 Å². The zero-order valence-electron chi connectivity index (χ0n) is 10.2. The van der Waals surface area contributed by atoms with Gasteiger partial charge < -0.3 is 21.2 Å². The lowest BCUT2D eigenvalue weighted by Crippen LogP contribution is -2.15. The molecule has 0 atom stereocenters. The van der Waals surface area contributed by atoms with Gasteiger partial charge in [-0.1, -0.05) is 11.6 Å². The molecule has 100 valence electrons. The molecule has 0 saturated heterocycles. The van der Waals surface area contributed by atoms with Crippen molar-refractivity contribution in [1.82, 2.24) is 4.98 Å². The van der Waals surface area contributed by atoms with Crippen molar-refractivity contribution in [2.45, 2.75) is 13.5 Å². The van der Waals surface area contributed by atoms with Crippen LogP contribution >= 0.6 is 11.6 Å². The summed E-state index contributed by atoms with van der Waals surface area (Å²) in [5, 5.41) is 3.29. The second-order valence-electron chi connectivity index (χ2n) is 4.01. The topological polar surface area (TPSA) is 107 Å². The van der Waals surface area contributed by atoms with Crippen molar-refractivity contribution in [1.29, 1.82) is 0 Å². The van der Waals surface area contributed by atoms with Crippen molar-refractivity contribution in [3.8, 4) is 0 Å². The van der Waals surface area contributed by atoms with Gasteiger partial charge in [0.25, 0.3) is 5.91 Å². The standard InChI is InChI=1S/C12H13ClN4O2/c1-6-4-16-10(19-6)5-17-11-8(12(15)18)2-7(14)3-9(11)13/h2-4,17H,5,14H2,1H3,(H2,15,18). The maximum Gasteiger partial charge on any atom is 0.250 e. The van der Waals surface area contributed by atoms with Gasteiger partial charge in [-0.25, -0.2) is 4.98 Å². The van der Waals surface area contributed by atoms with Crippen LogP contribution in [0.15, 0.2) is 22.7 Å². The summed E-state index contributed by atoms with van der Waals surface area (Å²) in [6.07, 6.45) is 1.61. The quantitative estimate of drug-likeness (QED) is 0.742. The Morgan fingerprint density at radius 3 is 2.84 bits per heavy atom. The molecule has 0 bridgehead atoms. The number of aromatic nitrogens is 1. The maximum atomic E-state index is 11.4. The Morgan fingerprint density at radius 1 is 1.53 bits per heavy atom. The molecular formula is C12H13ClN4O2. The van der Waals surface area contributed by atoms with Crippen molar-refractivity contribution in [2.24, 2.45) is 5.73 Å². The summed E-state index contributed by atoms with van der Waals surface area (Å²) in [5.74, 6) is 0.580. The number of amides is 1. The summed E-state index contributed by atoms with van der Waals surface area (Å²) in [4.78, 5) is 15.4. The Morgan fingerprint density at radius 2 is 2.26 bits per heavy atom. The molecule has 0 aliphatic rings. The van der Waals surface area contributed by atoms with Crippen LogP contribution in [-0.2, 0) is 6.54 Å². The average Bonchev–Trinajstić information content (AvgIpc) is 2.73. The van der Waals surface area contributed by atoms with Crippen LogP contribution in [0.25, 0.3) is 0 Å². The molecule has 7 heteroatoms. The zero-order valence-corrected chi connectivity index (χ0v) is 11.0. The van der Waals surface area contributed by atoms with Crippen LogP contribution in [0.5, 0.6) is 0 Å². The number of nitrogen functional groups attached to an aromatic ring is 1. The van der Waals surface area contributed by atoms with Gasteiger partial charge in [0.1, 0.15) is 5.76 Å². The highest BCUT2D eigenvalue weighted by Crippen LogP contribution is 2.29. The molecule has 2 rings (SSSR count). The van der Waals surface area contributed by atoms with Gasteiger partial charge in [-0.05, 0) is 19.1 Å². The molecule has 5 N–H and O–H groups in total. The number of halogens is 1. The number of nitrogens with two attached hydrogens (primary N) is 2. The maximum absolute atomic E-state index is 11.4. The molecule has 0 spiro atoms. The van der Waals surface area contributed by atoms with E-state index < -0.39 is 5.91 Å². The van der Waals surface area contributed by atoms with Crippen molar-refractivity contribution in [3.05, 3.63) is 40.6 Å². The van der Waals surface area contributed by atoms with Crippen LogP contribution in [0.2, 0.25) is 5.02 Å². The number of carbonyl (C=O) groups is 1. The predicted octanol–water partition coefficient (Wildman–Crippen LogP) is 1.93. The van der Waals surface area contributed by atoms with Crippen molar-refractivity contribution < 1.29 is 9.21 Å². The smallest absolute Gasteiger partial charge is 0.250 e. The summed E-state index contributed by atoms with van der Waals surface area (Å²) in [6.45, 7) is 2.08. The fourth-order valence-electron chi connectivity index (χ4n) is 1.65. The number of primary amides is 1. The predicted molar refractivity (Wildman–Crippen MR) is 72.9 cm³/mol. The number of nitrogens with zero attached hydrogens (tertiary/aromatic N) is 1. The van der Waals surface area contributed by atoms with E-state index in [2.05, 4.69) is 10.3 Å². The lowest BCUT2D eigenvalue weighted by Gasteiger charge is -2.11. The van der Waals surface area contributed by atoms with Crippen LogP contribution in [-0.4, -0.2) is 10.9 Å². The minimum absolute atomic E-state index is 0.230. The SMILES string of the molecule is Cc1cnc(CNc2c(Cl)cc(N)cc2C(N)=O)o1. The first-order valence-electron chi connectivity index (χ1n) is 5.51. The second-order valence-corrected chi connectivity index (χ2v) is 4.41. The van der Waals surface area contributed by atoms with E-state index in [0.717, 1.165) is 0 Å². The van der Waals surface area contributed by atoms with E-state index in [1.54, 1.807) is 13.1 Å². The Hall–Kier alpha value is -2.21. The highest BCUT2D eigenvalue weighted by Gasteiger charge is 2.14. The number of aryl methyl sites for hydroxylation is 1. The Labute approximate surface area is 114 Å². The van der Waals surface area contributed by atoms with Crippen molar-refractivity contribution in [3.63, 3.8) is 0 Å². The molecule has 0 fully saturated rings. The van der Waals surface area contributed by atoms with Gasteiger partial charge in [0.05, 0.1) is 29.0 Å². The molecule has 1 amide bonds. The van der Waals surface area contributed by atoms with Gasteiger partial charge in [0, 0.05) is 5.69 Å². The third-order valence-corrected chi connectivity index (χ3v) is 2.76. The number of oxazole rings is 1. The fraction of sp³-hybridized carbons (Fsp3) is 0.167. The molecule has 6 nitrogen and oxygen atoms in total. The summed E-state index contributed by atoms with van der Waals surface area (Å²) < 4.78 is 5.31. The summed E-state index contributed by atoms with van der Waals surface area (Å²) in [6, 6.07) is 3.01. The highest BCUT2D eigenvalue weighted by atomic mass is 35.5. The zero-order chi connectivity index (χ0) is 14.0. The van der Waals surface area contributed by atoms with Crippen LogP contribution in [0, 0.1) is 6.92 Å². The van der Waals surface area contributed by atoms with E-state index >= 15 is 0 Å². The van der Waals surface area contributed by atoms with Crippen molar-refractivity contribution >= 4 is 28.9 Å². The number of hydrogen-bond donors (Lipinski definition) is 3. The Bertz CT molecular complexity index is 624. The average molecular weight is 281 g/mol. The summed E-state index contributed by atoms with van der Waals surface area (Å²) in [5.41, 5.74) is 11.9. The van der Waals surface area contributed by atoms with E-state index in [-0.39, 0.29) is 12.1 Å². The number of benzene rings is 1. The van der Waals surface area contributed by atoms with Crippen LogP contribution in [0.4, 0.5) is 11.4 Å². The third kappa shape index (κ3) is 2.97. The second kappa shape index (κ2) is 5.19. The number of nitrogens with one attached hydrogen (secondary N) is 1. The largest absolute Gasteiger partial charge is 0.444 e. The van der Waals surface area contributed by atoms with Crippen LogP contribution in [0.1, 0.15) is 22.0 Å². The molecule has 0 unspecified atom stereocenters. The molecule has 0 aliphatic heterocycles. The third-order valence-electron chi connectivity index (χ3n) is 2.46. The first kappa shape index (κ1) is 13.2. The Kier molecular flexibility index (Phi) is 3.62. The lowest BCUT2D eigenvalue weighted by molar-refractivity contribution is 0.100. The van der Waals surface area contributed by atoms with Gasteiger partial charge in [-0.15, -0.1) is 0 Å². The normalized spacial score (nSPS) is 10.4. The van der Waals surface area contributed by atoms with E-state index in [1.165, 1.54) is 12.1 Å². The fourth-order valence-corrected chi connectivity index (χ4v) is 1.94. The highest BCUT2D eigenvalue weighted by molar-refractivity contribution is 6.34. The number of rotatable bonds is 4. The van der Waals surface area contributed by atoms with E-state index in [0.29, 0.717) is 28.0 Å². The molecule has 1 heterocycles. The molecule has 0 aliphatic carbocycles.